The largest absolute Gasteiger partial charge is 0.384 e. The van der Waals surface area contributed by atoms with Gasteiger partial charge in [0.25, 0.3) is 0 Å². The highest BCUT2D eigenvalue weighted by atomic mass is 15.4. The van der Waals surface area contributed by atoms with Gasteiger partial charge in [-0.2, -0.15) is 0 Å². The highest BCUT2D eigenvalue weighted by Gasteiger charge is 2.23. The minimum atomic E-state index is 0.301. The van der Waals surface area contributed by atoms with Crippen LogP contribution in [0.1, 0.15) is 69.2 Å². The monoisotopic (exact) mass is 713 g/mol. The summed E-state index contributed by atoms with van der Waals surface area (Å²) in [4.78, 5) is 3.71. The number of rotatable bonds is 7. The third-order valence-corrected chi connectivity index (χ3v) is 9.65. The molecule has 2 bridgehead atoms. The first-order valence-electron chi connectivity index (χ1n) is 19.1. The molecule has 4 N–H and O–H groups in total. The Kier molecular flexibility index (Phi) is 13.6. The minimum absolute atomic E-state index is 0.301. The summed E-state index contributed by atoms with van der Waals surface area (Å²) in [5.41, 5.74) is 21.4. The lowest BCUT2D eigenvalue weighted by Crippen LogP contribution is -2.31. The van der Waals surface area contributed by atoms with Crippen molar-refractivity contribution in [3.05, 3.63) is 160 Å². The average molecular weight is 714 g/mol. The van der Waals surface area contributed by atoms with Crippen LogP contribution in [0.5, 0.6) is 0 Å². The van der Waals surface area contributed by atoms with Crippen molar-refractivity contribution in [1.82, 2.24) is 15.4 Å². The van der Waals surface area contributed by atoms with Crippen molar-refractivity contribution in [1.29, 1.82) is 0 Å². The number of fused-ring (bicyclic) bond motifs is 11. The van der Waals surface area contributed by atoms with E-state index in [9.17, 15) is 0 Å². The molecule has 5 nitrogen and oxygen atoms in total. The van der Waals surface area contributed by atoms with Crippen LogP contribution in [0.4, 0.5) is 0 Å². The predicted octanol–water partition coefficient (Wildman–Crippen LogP) is 10.6. The number of nitrogens with one attached hydrogen (secondary N) is 2. The van der Waals surface area contributed by atoms with E-state index in [1.807, 2.05) is 32.0 Å². The van der Waals surface area contributed by atoms with Crippen molar-refractivity contribution in [3.8, 4) is 5.69 Å². The molecular weight excluding hydrogens is 659 g/mol. The number of hydrogen-bond donors (Lipinski definition) is 3. The number of hydrazine groups is 1. The number of allylic oxidation sites excluding steroid dienone is 5. The molecule has 2 aliphatic rings. The molecule has 1 aliphatic heterocycles. The maximum atomic E-state index is 5.17. The van der Waals surface area contributed by atoms with E-state index in [0.717, 1.165) is 24.7 Å². The number of benzene rings is 5. The fourth-order valence-electron chi connectivity index (χ4n) is 7.14. The zero-order chi connectivity index (χ0) is 38.6. The summed E-state index contributed by atoms with van der Waals surface area (Å²) in [7, 11) is 0. The molecule has 0 unspecified atom stereocenters. The van der Waals surface area contributed by atoms with Crippen molar-refractivity contribution in [2.45, 2.75) is 60.8 Å². The van der Waals surface area contributed by atoms with E-state index >= 15 is 0 Å². The van der Waals surface area contributed by atoms with Gasteiger partial charge < -0.3 is 15.7 Å². The SMILES string of the molecule is C=C(N)/N=C\NNCCCC.C=c1c2c3c4ccccc4ccc3n1-c1c(C)c(C3=C(C)CC=C3)c3ccccc3c1C=CC=2.CC.Cc1ccccc1. The zero-order valence-electron chi connectivity index (χ0n) is 32.8. The second-order valence-corrected chi connectivity index (χ2v) is 13.3. The zero-order valence-corrected chi connectivity index (χ0v) is 32.8. The minimum Gasteiger partial charge on any atom is -0.384 e. The summed E-state index contributed by atoms with van der Waals surface area (Å²) in [6, 6.07) is 32.3. The maximum absolute atomic E-state index is 5.17. The van der Waals surface area contributed by atoms with Crippen LogP contribution in [0.3, 0.4) is 0 Å². The highest BCUT2D eigenvalue weighted by molar-refractivity contribution is 6.10. The standard InChI is InChI=1S/C33H25N.C7H16N4.C7H8.C2H6/c1-20-10-8-15-24(20)31-21(2)33-29(27-13-6-7-14-28(27)31)17-9-16-25-22(3)34(33)30-19-18-23-11-4-5-12-26(23)32(25)30;1-3-4-5-10-11-6-9-7(2)8;1-7-5-3-2-4-6-7;1-2/h4-9,11-19H,3,10H2,1-2H3;6,10H,2-5,8H2,1H3,(H,9,11);2-6H,1H3;1-2H3. The lowest BCUT2D eigenvalue weighted by atomic mass is 9.87. The van der Waals surface area contributed by atoms with E-state index in [-0.39, 0.29) is 0 Å². The number of aliphatic imine (C=N–C) groups is 1. The second-order valence-electron chi connectivity index (χ2n) is 13.3. The van der Waals surface area contributed by atoms with Crippen molar-refractivity contribution < 1.29 is 0 Å². The topological polar surface area (TPSA) is 67.4 Å². The predicted molar refractivity (Wildman–Crippen MR) is 238 cm³/mol. The number of unbranched alkanes of at least 4 members (excludes halogenated alkanes) is 1. The van der Waals surface area contributed by atoms with Crippen LogP contribution in [0, 0.1) is 13.8 Å². The van der Waals surface area contributed by atoms with Gasteiger partial charge in [0.15, 0.2) is 0 Å². The third kappa shape index (κ3) is 8.48. The van der Waals surface area contributed by atoms with Crippen molar-refractivity contribution in [2.24, 2.45) is 10.7 Å². The molecule has 0 atom stereocenters. The van der Waals surface area contributed by atoms with E-state index in [0.29, 0.717) is 5.82 Å². The number of nitrogens with two attached hydrogens (primary N) is 1. The number of aromatic nitrogens is 1. The van der Waals surface area contributed by atoms with Crippen LogP contribution in [0.25, 0.3) is 62.4 Å². The number of nitrogens with zero attached hydrogens (tertiary/aromatic N) is 2. The van der Waals surface area contributed by atoms with Gasteiger partial charge in [-0.25, -0.2) is 10.4 Å². The van der Waals surface area contributed by atoms with Gasteiger partial charge in [-0.05, 0) is 77.9 Å². The molecule has 8 rings (SSSR count). The van der Waals surface area contributed by atoms with Gasteiger partial charge in [0.2, 0.25) is 0 Å². The first-order valence-corrected chi connectivity index (χ1v) is 19.1. The number of hydrogen-bond acceptors (Lipinski definition) is 3. The Morgan fingerprint density at radius 1 is 0.870 bits per heavy atom. The van der Waals surface area contributed by atoms with Gasteiger partial charge in [-0.15, -0.1) is 0 Å². The molecule has 5 heteroatoms. The summed E-state index contributed by atoms with van der Waals surface area (Å²) in [6.45, 7) is 21.7. The Bertz CT molecular complexity index is 2490. The maximum Gasteiger partial charge on any atom is 0.117 e. The van der Waals surface area contributed by atoms with E-state index in [4.69, 9.17) is 5.73 Å². The van der Waals surface area contributed by atoms with Gasteiger partial charge in [0.05, 0.1) is 11.2 Å². The van der Waals surface area contributed by atoms with Crippen LogP contribution < -0.4 is 27.2 Å². The van der Waals surface area contributed by atoms with Gasteiger partial charge in [0, 0.05) is 28.1 Å². The van der Waals surface area contributed by atoms with Crippen molar-refractivity contribution >= 4 is 63.1 Å². The van der Waals surface area contributed by atoms with Crippen LogP contribution in [0.2, 0.25) is 0 Å². The first-order chi connectivity index (χ1) is 26.3. The Hall–Kier alpha value is -5.91. The Balaban J connectivity index is 0.000000232. The first kappa shape index (κ1) is 39.3. The molecule has 0 radical (unpaired) electrons. The summed E-state index contributed by atoms with van der Waals surface area (Å²) < 4.78 is 2.41. The summed E-state index contributed by atoms with van der Waals surface area (Å²) in [5.74, 6) is 0.301. The lowest BCUT2D eigenvalue weighted by molar-refractivity contribution is 0.618. The molecular formula is C49H55N5. The normalized spacial score (nSPS) is 12.6. The molecule has 0 saturated carbocycles. The number of aryl methyl sites for hydroxylation is 1. The van der Waals surface area contributed by atoms with E-state index < -0.39 is 0 Å². The van der Waals surface area contributed by atoms with Crippen molar-refractivity contribution in [3.63, 3.8) is 0 Å². The molecule has 0 saturated heterocycles. The molecule has 0 amide bonds. The Labute approximate surface area is 321 Å². The van der Waals surface area contributed by atoms with Gasteiger partial charge in [0.1, 0.15) is 12.2 Å². The van der Waals surface area contributed by atoms with Gasteiger partial charge in [-0.1, -0.05) is 167 Å². The van der Waals surface area contributed by atoms with E-state index in [1.165, 1.54) is 89.5 Å². The molecule has 1 aliphatic carbocycles. The Morgan fingerprint density at radius 2 is 1.56 bits per heavy atom. The molecule has 5 aromatic carbocycles. The lowest BCUT2D eigenvalue weighted by Gasteiger charge is -2.22. The molecule has 0 fully saturated rings. The van der Waals surface area contributed by atoms with Crippen molar-refractivity contribution in [2.75, 3.05) is 6.54 Å². The van der Waals surface area contributed by atoms with E-state index in [2.05, 4.69) is 164 Å². The van der Waals surface area contributed by atoms with Gasteiger partial charge >= 0.3 is 0 Å². The summed E-state index contributed by atoms with van der Waals surface area (Å²) in [6.07, 6.45) is 16.1. The third-order valence-electron chi connectivity index (χ3n) is 9.65. The fourth-order valence-corrected chi connectivity index (χ4v) is 7.14. The molecule has 1 aromatic heterocycles. The molecule has 276 valence electrons. The van der Waals surface area contributed by atoms with Crippen LogP contribution in [0.15, 0.2) is 132 Å². The fraction of sp³-hybridized carbons (Fsp3) is 0.204. The average Bonchev–Trinajstić information content (AvgIpc) is 3.75. The molecule has 2 heterocycles. The summed E-state index contributed by atoms with van der Waals surface area (Å²) >= 11 is 0. The van der Waals surface area contributed by atoms with E-state index in [1.54, 1.807) is 0 Å². The van der Waals surface area contributed by atoms with Gasteiger partial charge in [-0.3, -0.25) is 0 Å². The van der Waals surface area contributed by atoms with Crippen LogP contribution in [-0.4, -0.2) is 17.5 Å². The molecule has 0 spiro atoms. The smallest absolute Gasteiger partial charge is 0.117 e. The Morgan fingerprint density at radius 3 is 2.20 bits per heavy atom. The highest BCUT2D eigenvalue weighted by Crippen LogP contribution is 2.41. The molecule has 54 heavy (non-hydrogen) atoms. The quantitative estimate of drug-likeness (QED) is 0.0668. The second kappa shape index (κ2) is 18.7. The molecule has 6 aromatic rings. The van der Waals surface area contributed by atoms with Crippen LogP contribution in [-0.2, 0) is 0 Å². The van der Waals surface area contributed by atoms with Crippen LogP contribution >= 0.6 is 0 Å². The summed E-state index contributed by atoms with van der Waals surface area (Å²) in [5, 5.41) is 8.69.